The maximum atomic E-state index is 12.5. The van der Waals surface area contributed by atoms with E-state index in [1.165, 1.54) is 11.3 Å². The van der Waals surface area contributed by atoms with Gasteiger partial charge in [0.15, 0.2) is 11.3 Å². The van der Waals surface area contributed by atoms with Gasteiger partial charge in [-0.25, -0.2) is 4.98 Å². The Morgan fingerprint density at radius 1 is 1.19 bits per heavy atom. The molecule has 2 aromatic heterocycles. The van der Waals surface area contributed by atoms with Gasteiger partial charge in [0, 0.05) is 21.9 Å². The van der Waals surface area contributed by atoms with Crippen molar-refractivity contribution in [1.82, 2.24) is 10.3 Å². The van der Waals surface area contributed by atoms with Crippen LogP contribution in [0.2, 0.25) is 5.02 Å². The minimum atomic E-state index is -0.272. The molecule has 1 amide bonds. The van der Waals surface area contributed by atoms with Gasteiger partial charge in [-0.1, -0.05) is 54.1 Å². The van der Waals surface area contributed by atoms with E-state index in [2.05, 4.69) is 10.3 Å². The van der Waals surface area contributed by atoms with Crippen molar-refractivity contribution in [1.29, 1.82) is 0 Å². The van der Waals surface area contributed by atoms with Gasteiger partial charge in [-0.15, -0.1) is 11.3 Å². The smallest absolute Gasteiger partial charge is 0.287 e. The lowest BCUT2D eigenvalue weighted by atomic mass is 10.1. The summed E-state index contributed by atoms with van der Waals surface area (Å²) in [6.07, 6.45) is 0. The molecule has 0 saturated carbocycles. The summed E-state index contributed by atoms with van der Waals surface area (Å²) in [4.78, 5) is 17.1. The van der Waals surface area contributed by atoms with Crippen molar-refractivity contribution in [3.05, 3.63) is 75.3 Å². The number of fused-ring (bicyclic) bond motifs is 1. The summed E-state index contributed by atoms with van der Waals surface area (Å²) in [5, 5.41) is 7.05. The Balaban J connectivity index is 1.50. The molecule has 2 aromatic carbocycles. The van der Waals surface area contributed by atoms with Crippen LogP contribution in [-0.2, 0) is 6.54 Å². The van der Waals surface area contributed by atoms with Crippen molar-refractivity contribution in [2.24, 2.45) is 0 Å². The van der Waals surface area contributed by atoms with Crippen LogP contribution in [0.3, 0.4) is 0 Å². The quantitative estimate of drug-likeness (QED) is 0.510. The number of nitrogens with zero attached hydrogens (tertiary/aromatic N) is 1. The Kier molecular flexibility index (Phi) is 4.49. The highest BCUT2D eigenvalue weighted by Crippen LogP contribution is 2.30. The highest BCUT2D eigenvalue weighted by Gasteiger charge is 2.19. The van der Waals surface area contributed by atoms with Crippen LogP contribution < -0.4 is 5.32 Å². The van der Waals surface area contributed by atoms with Gasteiger partial charge in [0.1, 0.15) is 5.01 Å². The maximum absolute atomic E-state index is 12.5. The molecule has 1 N–H and O–H groups in total. The molecular weight excluding hydrogens is 368 g/mol. The first-order valence-corrected chi connectivity index (χ1v) is 9.35. The topological polar surface area (TPSA) is 55.1 Å². The molecule has 4 aromatic rings. The lowest BCUT2D eigenvalue weighted by Gasteiger charge is -2.01. The van der Waals surface area contributed by atoms with E-state index < -0.39 is 0 Å². The fraction of sp³-hybridized carbons (Fsp3) is 0.100. The number of hydrogen-bond acceptors (Lipinski definition) is 4. The molecular formula is C20H15ClN2O2S. The number of nitrogens with one attached hydrogen (secondary N) is 1. The van der Waals surface area contributed by atoms with E-state index in [1.807, 2.05) is 54.8 Å². The van der Waals surface area contributed by atoms with Gasteiger partial charge in [0.2, 0.25) is 0 Å². The number of benzene rings is 2. The van der Waals surface area contributed by atoms with Gasteiger partial charge in [-0.3, -0.25) is 4.79 Å². The lowest BCUT2D eigenvalue weighted by Crippen LogP contribution is -2.22. The molecule has 26 heavy (non-hydrogen) atoms. The van der Waals surface area contributed by atoms with E-state index in [0.717, 1.165) is 27.2 Å². The number of carbonyl (C=O) groups is 1. The van der Waals surface area contributed by atoms with Crippen molar-refractivity contribution >= 4 is 39.8 Å². The van der Waals surface area contributed by atoms with Crippen LogP contribution in [0.4, 0.5) is 0 Å². The minimum absolute atomic E-state index is 0.272. The molecule has 0 atom stereocenters. The zero-order chi connectivity index (χ0) is 18.1. The number of furan rings is 1. The molecule has 0 fully saturated rings. The van der Waals surface area contributed by atoms with Crippen LogP contribution >= 0.6 is 22.9 Å². The number of amides is 1. The number of hydrogen-bond donors (Lipinski definition) is 1. The van der Waals surface area contributed by atoms with E-state index in [9.17, 15) is 4.79 Å². The van der Waals surface area contributed by atoms with Crippen molar-refractivity contribution in [3.63, 3.8) is 0 Å². The second-order valence-corrected chi connectivity index (χ2v) is 7.20. The fourth-order valence-corrected chi connectivity index (χ4v) is 3.75. The number of para-hydroxylation sites is 1. The summed E-state index contributed by atoms with van der Waals surface area (Å²) >= 11 is 7.66. The molecule has 4 nitrogen and oxygen atoms in total. The third kappa shape index (κ3) is 3.11. The SMILES string of the molecule is Cc1c(C(=O)NCc2nc(-c3ccccc3)cs2)oc2c(Cl)cccc12. The third-order valence-corrected chi connectivity index (χ3v) is 5.29. The molecule has 0 radical (unpaired) electrons. The zero-order valence-electron chi connectivity index (χ0n) is 14.0. The molecule has 0 saturated heterocycles. The second kappa shape index (κ2) is 6.94. The average Bonchev–Trinajstić information content (AvgIpc) is 3.27. The van der Waals surface area contributed by atoms with Crippen molar-refractivity contribution < 1.29 is 9.21 Å². The summed E-state index contributed by atoms with van der Waals surface area (Å²) in [6, 6.07) is 15.4. The largest absolute Gasteiger partial charge is 0.449 e. The van der Waals surface area contributed by atoms with Crippen LogP contribution in [0.15, 0.2) is 58.3 Å². The van der Waals surface area contributed by atoms with Crippen LogP contribution in [0.25, 0.3) is 22.2 Å². The van der Waals surface area contributed by atoms with E-state index in [4.69, 9.17) is 16.0 Å². The van der Waals surface area contributed by atoms with Gasteiger partial charge < -0.3 is 9.73 Å². The Labute approximate surface area is 159 Å². The predicted octanol–water partition coefficient (Wildman–Crippen LogP) is 5.45. The van der Waals surface area contributed by atoms with E-state index >= 15 is 0 Å². The van der Waals surface area contributed by atoms with Gasteiger partial charge >= 0.3 is 0 Å². The van der Waals surface area contributed by atoms with Gasteiger partial charge in [0.25, 0.3) is 5.91 Å². The first-order valence-electron chi connectivity index (χ1n) is 8.09. The Hall–Kier alpha value is -2.63. The first-order chi connectivity index (χ1) is 12.6. The summed E-state index contributed by atoms with van der Waals surface area (Å²) in [6.45, 7) is 2.20. The summed E-state index contributed by atoms with van der Waals surface area (Å²) in [5.41, 5.74) is 3.29. The summed E-state index contributed by atoms with van der Waals surface area (Å²) in [7, 11) is 0. The zero-order valence-corrected chi connectivity index (χ0v) is 15.5. The second-order valence-electron chi connectivity index (χ2n) is 5.85. The Bertz CT molecular complexity index is 1090. The number of halogens is 1. The maximum Gasteiger partial charge on any atom is 0.287 e. The number of carbonyl (C=O) groups excluding carboxylic acids is 1. The van der Waals surface area contributed by atoms with Crippen LogP contribution in [0, 0.1) is 6.92 Å². The summed E-state index contributed by atoms with van der Waals surface area (Å²) < 4.78 is 5.69. The normalized spacial score (nSPS) is 11.0. The van der Waals surface area contributed by atoms with Crippen molar-refractivity contribution in [2.75, 3.05) is 0 Å². The van der Waals surface area contributed by atoms with E-state index in [1.54, 1.807) is 6.07 Å². The minimum Gasteiger partial charge on any atom is -0.449 e. The third-order valence-electron chi connectivity index (χ3n) is 4.14. The Morgan fingerprint density at radius 3 is 2.77 bits per heavy atom. The van der Waals surface area contributed by atoms with Crippen LogP contribution in [0.5, 0.6) is 0 Å². The molecule has 0 bridgehead atoms. The highest BCUT2D eigenvalue weighted by atomic mass is 35.5. The molecule has 0 aliphatic rings. The highest BCUT2D eigenvalue weighted by molar-refractivity contribution is 7.09. The van der Waals surface area contributed by atoms with E-state index in [0.29, 0.717) is 17.2 Å². The molecule has 0 aliphatic carbocycles. The number of aryl methyl sites for hydroxylation is 1. The van der Waals surface area contributed by atoms with E-state index in [-0.39, 0.29) is 11.7 Å². The van der Waals surface area contributed by atoms with Crippen molar-refractivity contribution in [2.45, 2.75) is 13.5 Å². The van der Waals surface area contributed by atoms with Crippen molar-refractivity contribution in [3.8, 4) is 11.3 Å². The predicted molar refractivity (Wildman–Crippen MR) is 105 cm³/mol. The average molecular weight is 383 g/mol. The number of aromatic nitrogens is 1. The molecule has 4 rings (SSSR count). The standard InChI is InChI=1S/C20H15ClN2O2S/c1-12-14-8-5-9-15(21)19(14)25-18(12)20(24)22-10-17-23-16(11-26-17)13-6-3-2-4-7-13/h2-9,11H,10H2,1H3,(H,22,24). The fourth-order valence-electron chi connectivity index (χ4n) is 2.80. The number of rotatable bonds is 4. The molecule has 6 heteroatoms. The Morgan fingerprint density at radius 2 is 2.00 bits per heavy atom. The van der Waals surface area contributed by atoms with Crippen LogP contribution in [0.1, 0.15) is 21.1 Å². The lowest BCUT2D eigenvalue weighted by molar-refractivity contribution is 0.0924. The molecule has 0 spiro atoms. The van der Waals surface area contributed by atoms with Gasteiger partial charge in [-0.05, 0) is 13.0 Å². The molecule has 2 heterocycles. The molecule has 130 valence electrons. The molecule has 0 unspecified atom stereocenters. The van der Waals surface area contributed by atoms with Gasteiger partial charge in [-0.2, -0.15) is 0 Å². The van der Waals surface area contributed by atoms with Gasteiger partial charge in [0.05, 0.1) is 17.3 Å². The first kappa shape index (κ1) is 16.8. The summed E-state index contributed by atoms with van der Waals surface area (Å²) in [5.74, 6) is 0.0131. The number of thiazole rings is 1. The molecule has 0 aliphatic heterocycles. The monoisotopic (exact) mass is 382 g/mol. The van der Waals surface area contributed by atoms with Crippen LogP contribution in [-0.4, -0.2) is 10.9 Å².